The van der Waals surface area contributed by atoms with E-state index in [-0.39, 0.29) is 11.7 Å². The maximum atomic E-state index is 10.9. The number of benzene rings is 2. The molecule has 110 valence electrons. The summed E-state index contributed by atoms with van der Waals surface area (Å²) in [5.41, 5.74) is 1.86. The SMILES string of the molecule is C[C@@H](O)CNC(c1ccccc1)c1cccc([N+](=O)[O-])c1. The summed E-state index contributed by atoms with van der Waals surface area (Å²) < 4.78 is 0. The fraction of sp³-hybridized carbons (Fsp3) is 0.250. The number of nitrogens with zero attached hydrogens (tertiary/aromatic N) is 1. The van der Waals surface area contributed by atoms with Crippen LogP contribution in [0.4, 0.5) is 5.69 Å². The number of nitro benzene ring substituents is 1. The molecule has 0 aromatic heterocycles. The van der Waals surface area contributed by atoms with Crippen LogP contribution in [-0.2, 0) is 0 Å². The molecule has 0 aliphatic rings. The van der Waals surface area contributed by atoms with Crippen molar-refractivity contribution < 1.29 is 10.0 Å². The molecule has 0 aliphatic carbocycles. The molecule has 1 unspecified atom stereocenters. The van der Waals surface area contributed by atoms with Crippen LogP contribution < -0.4 is 5.32 Å². The maximum absolute atomic E-state index is 10.9. The van der Waals surface area contributed by atoms with Gasteiger partial charge in [0.15, 0.2) is 0 Å². The minimum Gasteiger partial charge on any atom is -0.392 e. The molecule has 5 heteroatoms. The van der Waals surface area contributed by atoms with Crippen LogP contribution >= 0.6 is 0 Å². The molecular weight excluding hydrogens is 268 g/mol. The van der Waals surface area contributed by atoms with E-state index in [1.54, 1.807) is 19.1 Å². The highest BCUT2D eigenvalue weighted by Crippen LogP contribution is 2.25. The van der Waals surface area contributed by atoms with Crippen LogP contribution in [0.2, 0.25) is 0 Å². The van der Waals surface area contributed by atoms with E-state index in [0.29, 0.717) is 6.54 Å². The molecule has 0 radical (unpaired) electrons. The van der Waals surface area contributed by atoms with Crippen LogP contribution in [0.3, 0.4) is 0 Å². The normalized spacial score (nSPS) is 13.6. The number of aliphatic hydroxyl groups is 1. The van der Waals surface area contributed by atoms with Crippen molar-refractivity contribution in [2.45, 2.75) is 19.1 Å². The zero-order valence-corrected chi connectivity index (χ0v) is 11.8. The molecule has 0 spiro atoms. The predicted octanol–water partition coefficient (Wildman–Crippen LogP) is 2.65. The van der Waals surface area contributed by atoms with Crippen LogP contribution in [0.5, 0.6) is 0 Å². The maximum Gasteiger partial charge on any atom is 0.269 e. The summed E-state index contributed by atoms with van der Waals surface area (Å²) in [6.45, 7) is 2.10. The van der Waals surface area contributed by atoms with Gasteiger partial charge in [0, 0.05) is 18.7 Å². The van der Waals surface area contributed by atoms with Crippen LogP contribution in [0, 0.1) is 10.1 Å². The van der Waals surface area contributed by atoms with E-state index in [2.05, 4.69) is 5.32 Å². The van der Waals surface area contributed by atoms with E-state index in [1.807, 2.05) is 36.4 Å². The molecule has 2 N–H and O–H groups in total. The third-order valence-electron chi connectivity index (χ3n) is 3.16. The molecule has 0 bridgehead atoms. The lowest BCUT2D eigenvalue weighted by molar-refractivity contribution is -0.384. The molecule has 2 aromatic carbocycles. The molecule has 2 atom stereocenters. The van der Waals surface area contributed by atoms with Gasteiger partial charge in [-0.2, -0.15) is 0 Å². The van der Waals surface area contributed by atoms with E-state index in [9.17, 15) is 15.2 Å². The van der Waals surface area contributed by atoms with E-state index >= 15 is 0 Å². The number of nitro groups is 1. The lowest BCUT2D eigenvalue weighted by atomic mass is 9.98. The Kier molecular flexibility index (Phi) is 5.03. The highest BCUT2D eigenvalue weighted by molar-refractivity contribution is 5.40. The van der Waals surface area contributed by atoms with Crippen molar-refractivity contribution >= 4 is 5.69 Å². The summed E-state index contributed by atoms with van der Waals surface area (Å²) in [7, 11) is 0. The van der Waals surface area contributed by atoms with Crippen LogP contribution in [0.1, 0.15) is 24.1 Å². The first-order chi connectivity index (χ1) is 10.1. The van der Waals surface area contributed by atoms with Gasteiger partial charge in [0.2, 0.25) is 0 Å². The van der Waals surface area contributed by atoms with Crippen molar-refractivity contribution in [1.82, 2.24) is 5.32 Å². The average molecular weight is 286 g/mol. The Morgan fingerprint density at radius 1 is 1.14 bits per heavy atom. The second-order valence-electron chi connectivity index (χ2n) is 4.95. The third-order valence-corrected chi connectivity index (χ3v) is 3.16. The third kappa shape index (κ3) is 4.11. The number of hydrogen-bond donors (Lipinski definition) is 2. The Bertz CT molecular complexity index is 599. The van der Waals surface area contributed by atoms with E-state index in [4.69, 9.17) is 0 Å². The molecule has 2 aromatic rings. The van der Waals surface area contributed by atoms with E-state index in [1.165, 1.54) is 6.07 Å². The first-order valence-corrected chi connectivity index (χ1v) is 6.78. The number of aliphatic hydroxyl groups excluding tert-OH is 1. The molecular formula is C16H18N2O3. The van der Waals surface area contributed by atoms with Crippen molar-refractivity contribution in [3.63, 3.8) is 0 Å². The Morgan fingerprint density at radius 2 is 1.81 bits per heavy atom. The summed E-state index contributed by atoms with van der Waals surface area (Å²) in [5, 5.41) is 23.6. The molecule has 0 heterocycles. The first-order valence-electron chi connectivity index (χ1n) is 6.78. The summed E-state index contributed by atoms with van der Waals surface area (Å²) in [6, 6.07) is 16.0. The lowest BCUT2D eigenvalue weighted by Gasteiger charge is -2.20. The van der Waals surface area contributed by atoms with Gasteiger partial charge in [0.25, 0.3) is 5.69 Å². The van der Waals surface area contributed by atoms with E-state index in [0.717, 1.165) is 11.1 Å². The summed E-state index contributed by atoms with van der Waals surface area (Å²) in [6.07, 6.45) is -0.491. The topological polar surface area (TPSA) is 75.4 Å². The Hall–Kier alpha value is -2.24. The average Bonchev–Trinajstić information content (AvgIpc) is 2.48. The summed E-state index contributed by atoms with van der Waals surface area (Å²) in [4.78, 5) is 10.5. The fourth-order valence-corrected chi connectivity index (χ4v) is 2.18. The molecule has 0 amide bonds. The van der Waals surface area contributed by atoms with Crippen LogP contribution in [0.15, 0.2) is 54.6 Å². The van der Waals surface area contributed by atoms with Crippen molar-refractivity contribution in [3.05, 3.63) is 75.8 Å². The zero-order chi connectivity index (χ0) is 15.2. The number of non-ortho nitro benzene ring substituents is 1. The van der Waals surface area contributed by atoms with Crippen molar-refractivity contribution in [2.75, 3.05) is 6.54 Å². The molecule has 0 saturated heterocycles. The minimum atomic E-state index is -0.491. The number of nitrogens with one attached hydrogen (secondary N) is 1. The second kappa shape index (κ2) is 6.97. The largest absolute Gasteiger partial charge is 0.392 e. The standard InChI is InChI=1S/C16H18N2O3/c1-12(19)11-17-16(13-6-3-2-4-7-13)14-8-5-9-15(10-14)18(20)21/h2-10,12,16-17,19H,11H2,1H3/t12-,16?/m1/s1. The second-order valence-corrected chi connectivity index (χ2v) is 4.95. The van der Waals surface area contributed by atoms with Crippen molar-refractivity contribution in [2.24, 2.45) is 0 Å². The van der Waals surface area contributed by atoms with Crippen LogP contribution in [-0.4, -0.2) is 22.7 Å². The summed E-state index contributed by atoms with van der Waals surface area (Å²) >= 11 is 0. The van der Waals surface area contributed by atoms with Crippen LogP contribution in [0.25, 0.3) is 0 Å². The monoisotopic (exact) mass is 286 g/mol. The van der Waals surface area contributed by atoms with Gasteiger partial charge in [-0.05, 0) is 18.1 Å². The van der Waals surface area contributed by atoms with E-state index < -0.39 is 11.0 Å². The predicted molar refractivity (Wildman–Crippen MR) is 81.1 cm³/mol. The molecule has 0 fully saturated rings. The lowest BCUT2D eigenvalue weighted by Crippen LogP contribution is -2.29. The smallest absolute Gasteiger partial charge is 0.269 e. The first kappa shape index (κ1) is 15.2. The highest BCUT2D eigenvalue weighted by atomic mass is 16.6. The quantitative estimate of drug-likeness (QED) is 0.632. The molecule has 2 rings (SSSR count). The Labute approximate surface area is 123 Å². The van der Waals surface area contributed by atoms with Gasteiger partial charge < -0.3 is 10.4 Å². The van der Waals surface area contributed by atoms with Gasteiger partial charge in [-0.15, -0.1) is 0 Å². The number of rotatable bonds is 6. The molecule has 21 heavy (non-hydrogen) atoms. The highest BCUT2D eigenvalue weighted by Gasteiger charge is 2.16. The van der Waals surface area contributed by atoms with Crippen molar-refractivity contribution in [3.8, 4) is 0 Å². The van der Waals surface area contributed by atoms with Gasteiger partial charge in [0.05, 0.1) is 17.1 Å². The van der Waals surface area contributed by atoms with Crippen molar-refractivity contribution in [1.29, 1.82) is 0 Å². The summed E-state index contributed by atoms with van der Waals surface area (Å²) in [5.74, 6) is 0. The minimum absolute atomic E-state index is 0.0623. The molecule has 0 aliphatic heterocycles. The molecule has 5 nitrogen and oxygen atoms in total. The zero-order valence-electron chi connectivity index (χ0n) is 11.8. The van der Waals surface area contributed by atoms with Gasteiger partial charge in [0.1, 0.15) is 0 Å². The van der Waals surface area contributed by atoms with Gasteiger partial charge in [-0.3, -0.25) is 10.1 Å². The van der Waals surface area contributed by atoms with Gasteiger partial charge >= 0.3 is 0 Å². The fourth-order valence-electron chi connectivity index (χ4n) is 2.18. The van der Waals surface area contributed by atoms with Gasteiger partial charge in [-0.25, -0.2) is 0 Å². The Balaban J connectivity index is 2.35. The Morgan fingerprint density at radius 3 is 2.43 bits per heavy atom. The molecule has 0 saturated carbocycles. The number of hydrogen-bond acceptors (Lipinski definition) is 4. The van der Waals surface area contributed by atoms with Gasteiger partial charge in [-0.1, -0.05) is 42.5 Å².